The largest absolute Gasteiger partial charge is 0.493 e. The van der Waals surface area contributed by atoms with E-state index in [0.717, 1.165) is 25.9 Å². The van der Waals surface area contributed by atoms with Crippen LogP contribution in [0.15, 0.2) is 27.9 Å². The summed E-state index contributed by atoms with van der Waals surface area (Å²) in [6.07, 6.45) is 3.30. The first-order chi connectivity index (χ1) is 17.9. The molecule has 1 aliphatic heterocycles. The van der Waals surface area contributed by atoms with E-state index in [1.807, 2.05) is 0 Å². The highest BCUT2D eigenvalue weighted by molar-refractivity contribution is 6.01. The lowest BCUT2D eigenvalue weighted by Gasteiger charge is -2.26. The molecule has 5 N–H and O–H groups in total. The number of aromatic nitrogens is 5. The third-order valence-electron chi connectivity index (χ3n) is 5.77. The molecule has 0 saturated carbocycles. The predicted molar refractivity (Wildman–Crippen MR) is 130 cm³/mol. The van der Waals surface area contributed by atoms with E-state index in [0.29, 0.717) is 35.0 Å². The van der Waals surface area contributed by atoms with Crippen molar-refractivity contribution in [1.29, 1.82) is 0 Å². The number of nitrogens with two attached hydrogens (primary N) is 2. The molecule has 1 aromatic carbocycles. The standard InChI is InChI=1S/C22H28N10O5/c1-13(14-6-7-16(17(10-14)35-2)36-12-18(23)33)25-27-22(34)19-15(11-31-8-4-3-5-9-31)32(30-26-19)21-20(24)28-37-29-21/h6-7,10H,3-5,8-9,11-12H2,1-2H3,(H2,23,33)(H2,24,28)(H,27,34). The van der Waals surface area contributed by atoms with Crippen molar-refractivity contribution in [3.8, 4) is 17.3 Å². The minimum absolute atomic E-state index is 0.0304. The summed E-state index contributed by atoms with van der Waals surface area (Å²) >= 11 is 0. The number of nitrogens with zero attached hydrogens (tertiary/aromatic N) is 7. The number of methoxy groups -OCH3 is 1. The normalized spacial score (nSPS) is 14.4. The zero-order valence-electron chi connectivity index (χ0n) is 20.5. The van der Waals surface area contributed by atoms with Crippen molar-refractivity contribution in [3.63, 3.8) is 0 Å². The van der Waals surface area contributed by atoms with E-state index in [4.69, 9.17) is 25.6 Å². The van der Waals surface area contributed by atoms with Crippen LogP contribution in [-0.2, 0) is 11.3 Å². The topological polar surface area (TPSA) is 202 Å². The Hall–Kier alpha value is -4.53. The van der Waals surface area contributed by atoms with Crippen LogP contribution in [0.5, 0.6) is 11.5 Å². The van der Waals surface area contributed by atoms with Gasteiger partial charge in [0, 0.05) is 12.1 Å². The number of hydrazone groups is 1. The van der Waals surface area contributed by atoms with Crippen molar-refractivity contribution in [3.05, 3.63) is 35.2 Å². The molecule has 0 unspecified atom stereocenters. The van der Waals surface area contributed by atoms with Crippen molar-refractivity contribution in [1.82, 2.24) is 35.6 Å². The Morgan fingerprint density at radius 3 is 2.65 bits per heavy atom. The Kier molecular flexibility index (Phi) is 7.92. The lowest BCUT2D eigenvalue weighted by molar-refractivity contribution is -0.119. The fourth-order valence-electron chi connectivity index (χ4n) is 3.87. The Bertz CT molecular complexity index is 1290. The van der Waals surface area contributed by atoms with Crippen molar-refractivity contribution in [2.45, 2.75) is 32.7 Å². The van der Waals surface area contributed by atoms with E-state index >= 15 is 0 Å². The molecule has 15 heteroatoms. The molecule has 3 heterocycles. The number of likely N-dealkylation sites (tertiary alicyclic amines) is 1. The summed E-state index contributed by atoms with van der Waals surface area (Å²) in [7, 11) is 1.47. The second kappa shape index (κ2) is 11.5. The van der Waals surface area contributed by atoms with Gasteiger partial charge in [-0.15, -0.1) is 5.10 Å². The van der Waals surface area contributed by atoms with Gasteiger partial charge in [-0.2, -0.15) is 9.78 Å². The van der Waals surface area contributed by atoms with Crippen LogP contribution in [0.1, 0.15) is 47.9 Å². The van der Waals surface area contributed by atoms with Gasteiger partial charge in [-0.1, -0.05) is 11.6 Å². The summed E-state index contributed by atoms with van der Waals surface area (Å²) in [5.74, 6) is -0.244. The zero-order chi connectivity index (χ0) is 26.4. The molecule has 3 aromatic rings. The van der Waals surface area contributed by atoms with E-state index in [1.165, 1.54) is 18.2 Å². The lowest BCUT2D eigenvalue weighted by Crippen LogP contribution is -2.31. The molecule has 0 aliphatic carbocycles. The quantitative estimate of drug-likeness (QED) is 0.248. The molecule has 0 radical (unpaired) electrons. The van der Waals surface area contributed by atoms with Crippen molar-refractivity contribution >= 4 is 23.3 Å². The lowest BCUT2D eigenvalue weighted by atomic mass is 10.1. The first kappa shape index (κ1) is 25.6. The molecule has 0 atom stereocenters. The van der Waals surface area contributed by atoms with Crippen LogP contribution in [0.2, 0.25) is 0 Å². The van der Waals surface area contributed by atoms with Crippen LogP contribution >= 0.6 is 0 Å². The second-order valence-corrected chi connectivity index (χ2v) is 8.37. The number of amides is 2. The van der Waals surface area contributed by atoms with Crippen molar-refractivity contribution < 1.29 is 23.7 Å². The van der Waals surface area contributed by atoms with Crippen LogP contribution in [0, 0.1) is 0 Å². The van der Waals surface area contributed by atoms with Gasteiger partial charge in [0.15, 0.2) is 23.8 Å². The number of anilines is 1. The number of benzene rings is 1. The zero-order valence-corrected chi connectivity index (χ0v) is 20.5. The van der Waals surface area contributed by atoms with Crippen molar-refractivity contribution in [2.24, 2.45) is 10.8 Å². The van der Waals surface area contributed by atoms with Crippen molar-refractivity contribution in [2.75, 3.05) is 32.5 Å². The van der Waals surface area contributed by atoms with Gasteiger partial charge < -0.3 is 20.9 Å². The van der Waals surface area contributed by atoms with Gasteiger partial charge in [0.05, 0.1) is 18.5 Å². The van der Waals surface area contributed by atoms with Crippen LogP contribution in [0.25, 0.3) is 5.82 Å². The minimum atomic E-state index is -0.606. The summed E-state index contributed by atoms with van der Waals surface area (Å²) in [5.41, 5.74) is 15.2. The molecule has 1 aliphatic rings. The first-order valence-electron chi connectivity index (χ1n) is 11.6. The highest BCUT2D eigenvalue weighted by Gasteiger charge is 2.26. The van der Waals surface area contributed by atoms with E-state index in [1.54, 1.807) is 25.1 Å². The maximum atomic E-state index is 13.1. The molecule has 196 valence electrons. The number of hydrogen-bond acceptors (Lipinski definition) is 12. The summed E-state index contributed by atoms with van der Waals surface area (Å²) in [5, 5.41) is 19.7. The van der Waals surface area contributed by atoms with Gasteiger partial charge in [-0.3, -0.25) is 14.5 Å². The van der Waals surface area contributed by atoms with Gasteiger partial charge in [0.2, 0.25) is 11.6 Å². The number of carbonyl (C=O) groups is 2. The van der Waals surface area contributed by atoms with Gasteiger partial charge >= 0.3 is 0 Å². The molecule has 1 saturated heterocycles. The highest BCUT2D eigenvalue weighted by Crippen LogP contribution is 2.28. The van der Waals surface area contributed by atoms with Crippen LogP contribution < -0.4 is 26.4 Å². The maximum Gasteiger partial charge on any atom is 0.293 e. The average Bonchev–Trinajstić information content (AvgIpc) is 3.51. The number of rotatable bonds is 10. The number of hydrogen-bond donors (Lipinski definition) is 3. The van der Waals surface area contributed by atoms with Gasteiger partial charge in [-0.25, -0.2) is 10.1 Å². The SMILES string of the molecule is COc1cc(C(C)=NNC(=O)c2nnn(-c3nonc3N)c2CN2CCCCC2)ccc1OCC(N)=O. The second-order valence-electron chi connectivity index (χ2n) is 8.37. The molecule has 1 fully saturated rings. The van der Waals surface area contributed by atoms with E-state index in [-0.39, 0.29) is 23.9 Å². The average molecular weight is 513 g/mol. The van der Waals surface area contributed by atoms with Crippen LogP contribution in [0.3, 0.4) is 0 Å². The van der Waals surface area contributed by atoms with Crippen LogP contribution in [-0.4, -0.2) is 74.5 Å². The van der Waals surface area contributed by atoms with E-state index in [9.17, 15) is 9.59 Å². The molecule has 37 heavy (non-hydrogen) atoms. The van der Waals surface area contributed by atoms with Crippen LogP contribution in [0.4, 0.5) is 5.82 Å². The summed E-state index contributed by atoms with van der Waals surface area (Å²) in [6.45, 7) is 3.62. The fraction of sp³-hybridized carbons (Fsp3) is 0.409. The Morgan fingerprint density at radius 2 is 1.97 bits per heavy atom. The summed E-state index contributed by atoms with van der Waals surface area (Å²) < 4.78 is 16.7. The molecular formula is C22H28N10O5. The van der Waals surface area contributed by atoms with Gasteiger partial charge in [-0.05, 0) is 61.4 Å². The molecule has 0 spiro atoms. The number of primary amides is 1. The minimum Gasteiger partial charge on any atom is -0.493 e. The molecule has 2 aromatic heterocycles. The Labute approximate surface area is 211 Å². The first-order valence-corrected chi connectivity index (χ1v) is 11.6. The predicted octanol–water partition coefficient (Wildman–Crippen LogP) is 0.245. The van der Waals surface area contributed by atoms with E-state index < -0.39 is 11.8 Å². The summed E-state index contributed by atoms with van der Waals surface area (Å²) in [6, 6.07) is 5.00. The number of carbonyl (C=O) groups excluding carboxylic acids is 2. The number of ether oxygens (including phenoxy) is 2. The molecule has 2 amide bonds. The number of nitrogens with one attached hydrogen (secondary N) is 1. The smallest absolute Gasteiger partial charge is 0.293 e. The Balaban J connectivity index is 1.55. The molecule has 4 rings (SSSR count). The highest BCUT2D eigenvalue weighted by atomic mass is 16.6. The third kappa shape index (κ3) is 6.00. The third-order valence-corrected chi connectivity index (χ3v) is 5.77. The van der Waals surface area contributed by atoms with E-state index in [2.05, 4.69) is 36.1 Å². The monoisotopic (exact) mass is 512 g/mol. The Morgan fingerprint density at radius 1 is 1.19 bits per heavy atom. The number of nitrogen functional groups attached to an aromatic ring is 1. The summed E-state index contributed by atoms with van der Waals surface area (Å²) in [4.78, 5) is 26.3. The number of piperidine rings is 1. The van der Waals surface area contributed by atoms with Gasteiger partial charge in [0.1, 0.15) is 0 Å². The molecule has 0 bridgehead atoms. The maximum absolute atomic E-state index is 13.1. The van der Waals surface area contributed by atoms with Gasteiger partial charge in [0.25, 0.3) is 11.8 Å². The fourth-order valence-corrected chi connectivity index (χ4v) is 3.87. The molecular weight excluding hydrogens is 484 g/mol. The molecule has 15 nitrogen and oxygen atoms in total.